The second-order valence-corrected chi connectivity index (χ2v) is 6.56. The maximum atomic E-state index is 12.2. The number of ether oxygens (including phenoxy) is 2. The lowest BCUT2D eigenvalue weighted by Crippen LogP contribution is -2.51. The maximum Gasteiger partial charge on any atom is 0.283 e. The van der Waals surface area contributed by atoms with E-state index in [9.17, 15) is 9.59 Å². The van der Waals surface area contributed by atoms with Crippen LogP contribution in [0.4, 0.5) is 0 Å². The van der Waals surface area contributed by atoms with Gasteiger partial charge in [0.15, 0.2) is 16.7 Å². The fourth-order valence-corrected chi connectivity index (χ4v) is 3.13. The summed E-state index contributed by atoms with van der Waals surface area (Å²) in [6.45, 7) is 6.13. The Morgan fingerprint density at radius 2 is 2.11 bits per heavy atom. The van der Waals surface area contributed by atoms with Gasteiger partial charge in [0, 0.05) is 6.54 Å². The number of rotatable bonds is 6. The lowest BCUT2D eigenvalue weighted by Gasteiger charge is -2.25. The van der Waals surface area contributed by atoms with E-state index < -0.39 is 12.0 Å². The number of thioether (sulfide) groups is 1. The number of para-hydroxylation sites is 2. The first-order valence-corrected chi connectivity index (χ1v) is 9.17. The highest BCUT2D eigenvalue weighted by atomic mass is 32.2. The van der Waals surface area contributed by atoms with Crippen molar-refractivity contribution in [3.63, 3.8) is 0 Å². The molecule has 2 heterocycles. The van der Waals surface area contributed by atoms with Gasteiger partial charge in [-0.2, -0.15) is 0 Å². The number of aryl methyl sites for hydroxylation is 1. The van der Waals surface area contributed by atoms with Gasteiger partial charge in [-0.15, -0.1) is 16.8 Å². The molecule has 0 radical (unpaired) electrons. The van der Waals surface area contributed by atoms with Gasteiger partial charge in [-0.05, 0) is 19.1 Å². The van der Waals surface area contributed by atoms with E-state index in [0.717, 1.165) is 5.82 Å². The highest BCUT2D eigenvalue weighted by Crippen LogP contribution is 2.30. The fraction of sp³-hybridized carbons (Fsp3) is 0.294. The molecule has 1 aromatic carbocycles. The Morgan fingerprint density at radius 1 is 1.33 bits per heavy atom. The van der Waals surface area contributed by atoms with E-state index in [2.05, 4.69) is 27.6 Å². The van der Waals surface area contributed by atoms with Gasteiger partial charge in [-0.25, -0.2) is 0 Å². The highest BCUT2D eigenvalue weighted by molar-refractivity contribution is 7.99. The van der Waals surface area contributed by atoms with Gasteiger partial charge >= 0.3 is 0 Å². The Labute approximate surface area is 160 Å². The first-order chi connectivity index (χ1) is 13.1. The van der Waals surface area contributed by atoms with Crippen LogP contribution in [-0.2, 0) is 16.1 Å². The van der Waals surface area contributed by atoms with Crippen LogP contribution in [-0.4, -0.2) is 45.0 Å². The smallest absolute Gasteiger partial charge is 0.283 e. The topological polar surface area (TPSA) is 107 Å². The average Bonchev–Trinajstić information content (AvgIpc) is 3.04. The maximum absolute atomic E-state index is 12.2. The lowest BCUT2D eigenvalue weighted by atomic mass is 10.2. The second kappa shape index (κ2) is 8.58. The zero-order chi connectivity index (χ0) is 19.2. The summed E-state index contributed by atoms with van der Waals surface area (Å²) in [4.78, 5) is 24.1. The predicted molar refractivity (Wildman–Crippen MR) is 98.3 cm³/mol. The van der Waals surface area contributed by atoms with Crippen molar-refractivity contribution < 1.29 is 19.1 Å². The van der Waals surface area contributed by atoms with Crippen LogP contribution in [0.1, 0.15) is 5.82 Å². The average molecular weight is 389 g/mol. The molecule has 0 spiro atoms. The predicted octanol–water partition coefficient (Wildman–Crippen LogP) is 0.852. The molecule has 2 N–H and O–H groups in total. The van der Waals surface area contributed by atoms with Crippen molar-refractivity contribution in [1.29, 1.82) is 0 Å². The summed E-state index contributed by atoms with van der Waals surface area (Å²) < 4.78 is 12.9. The van der Waals surface area contributed by atoms with Gasteiger partial charge in [0.25, 0.3) is 5.91 Å². The van der Waals surface area contributed by atoms with Gasteiger partial charge in [-0.1, -0.05) is 30.0 Å². The molecule has 0 fully saturated rings. The number of carbonyl (C=O) groups is 2. The number of hydrazine groups is 1. The number of hydrogen-bond acceptors (Lipinski definition) is 7. The summed E-state index contributed by atoms with van der Waals surface area (Å²) in [7, 11) is 0. The Bertz CT molecular complexity index is 854. The fourth-order valence-electron chi connectivity index (χ4n) is 2.33. The summed E-state index contributed by atoms with van der Waals surface area (Å²) in [6, 6.07) is 7.08. The molecule has 2 aromatic rings. The minimum atomic E-state index is -0.841. The zero-order valence-corrected chi connectivity index (χ0v) is 15.5. The van der Waals surface area contributed by atoms with Crippen molar-refractivity contribution in [3.8, 4) is 11.5 Å². The molecule has 1 aliphatic heterocycles. The molecule has 1 aromatic heterocycles. The number of amides is 2. The van der Waals surface area contributed by atoms with Crippen LogP contribution < -0.4 is 20.3 Å². The molecule has 0 saturated heterocycles. The number of allylic oxidation sites excluding steroid dienone is 1. The third-order valence-corrected chi connectivity index (χ3v) is 4.64. The van der Waals surface area contributed by atoms with Gasteiger partial charge in [0.1, 0.15) is 12.4 Å². The van der Waals surface area contributed by atoms with Crippen molar-refractivity contribution in [2.24, 2.45) is 0 Å². The minimum absolute atomic E-state index is 0.0669. The molecule has 2 amide bonds. The number of nitrogens with zero attached hydrogens (tertiary/aromatic N) is 3. The molecule has 0 unspecified atom stereocenters. The van der Waals surface area contributed by atoms with Crippen molar-refractivity contribution >= 4 is 23.6 Å². The Kier molecular flexibility index (Phi) is 5.97. The van der Waals surface area contributed by atoms with E-state index in [1.165, 1.54) is 11.8 Å². The van der Waals surface area contributed by atoms with Crippen molar-refractivity contribution in [1.82, 2.24) is 25.6 Å². The zero-order valence-electron chi connectivity index (χ0n) is 14.7. The van der Waals surface area contributed by atoms with Crippen LogP contribution in [0.5, 0.6) is 11.5 Å². The lowest BCUT2D eigenvalue weighted by molar-refractivity contribution is -0.134. The molecule has 1 atom stereocenters. The largest absolute Gasteiger partial charge is 0.485 e. The van der Waals surface area contributed by atoms with E-state index in [4.69, 9.17) is 9.47 Å². The second-order valence-electron chi connectivity index (χ2n) is 5.62. The molecule has 3 rings (SSSR count). The van der Waals surface area contributed by atoms with Gasteiger partial charge in [-0.3, -0.25) is 20.4 Å². The summed E-state index contributed by atoms with van der Waals surface area (Å²) in [5, 5.41) is 8.61. The van der Waals surface area contributed by atoms with Crippen LogP contribution in [0.15, 0.2) is 42.1 Å². The monoisotopic (exact) mass is 389 g/mol. The van der Waals surface area contributed by atoms with Crippen molar-refractivity contribution in [3.05, 3.63) is 42.7 Å². The van der Waals surface area contributed by atoms with E-state index in [1.54, 1.807) is 24.3 Å². The standard InChI is InChI=1S/C17H19N5O4S/c1-3-8-22-11(2)18-21-17(22)27-10-15(23)19-20-16(24)14-9-25-12-6-4-5-7-13(12)26-14/h3-7,14H,1,8-10H2,2H3,(H,19,23)(H,20,24)/t14-/m0/s1. The molecule has 9 nitrogen and oxygen atoms in total. The number of hydrogen-bond donors (Lipinski definition) is 2. The van der Waals surface area contributed by atoms with Crippen LogP contribution in [0.2, 0.25) is 0 Å². The molecule has 1 aliphatic rings. The molecule has 0 saturated carbocycles. The quantitative estimate of drug-likeness (QED) is 0.428. The summed E-state index contributed by atoms with van der Waals surface area (Å²) in [6.07, 6.45) is 0.886. The minimum Gasteiger partial charge on any atom is -0.485 e. The van der Waals surface area contributed by atoms with Crippen LogP contribution in [0.25, 0.3) is 0 Å². The summed E-state index contributed by atoms with van der Waals surface area (Å²) in [5.41, 5.74) is 4.71. The SMILES string of the molecule is C=CCn1c(C)nnc1SCC(=O)NNC(=O)[C@@H]1COc2ccccc2O1. The van der Waals surface area contributed by atoms with Crippen molar-refractivity contribution in [2.75, 3.05) is 12.4 Å². The Morgan fingerprint density at radius 3 is 2.89 bits per heavy atom. The summed E-state index contributed by atoms with van der Waals surface area (Å²) in [5.74, 6) is 1.01. The van der Waals surface area contributed by atoms with Gasteiger partial charge < -0.3 is 14.0 Å². The molecule has 0 bridgehead atoms. The van der Waals surface area contributed by atoms with Gasteiger partial charge in [0.05, 0.1) is 5.75 Å². The molecular formula is C17H19N5O4S. The molecular weight excluding hydrogens is 370 g/mol. The summed E-state index contributed by atoms with van der Waals surface area (Å²) >= 11 is 1.22. The molecule has 142 valence electrons. The molecule has 10 heteroatoms. The number of benzene rings is 1. The van der Waals surface area contributed by atoms with Crippen LogP contribution in [0.3, 0.4) is 0 Å². The third-order valence-electron chi connectivity index (χ3n) is 3.67. The Balaban J connectivity index is 1.45. The van der Waals surface area contributed by atoms with E-state index in [1.807, 2.05) is 17.6 Å². The first-order valence-electron chi connectivity index (χ1n) is 8.19. The third kappa shape index (κ3) is 4.59. The van der Waals surface area contributed by atoms with Crippen LogP contribution in [0, 0.1) is 6.92 Å². The highest BCUT2D eigenvalue weighted by Gasteiger charge is 2.27. The number of nitrogens with one attached hydrogen (secondary N) is 2. The first kappa shape index (κ1) is 18.8. The van der Waals surface area contributed by atoms with E-state index in [-0.39, 0.29) is 18.3 Å². The molecule has 27 heavy (non-hydrogen) atoms. The van der Waals surface area contributed by atoms with E-state index in [0.29, 0.717) is 23.2 Å². The van der Waals surface area contributed by atoms with E-state index >= 15 is 0 Å². The van der Waals surface area contributed by atoms with Crippen LogP contribution >= 0.6 is 11.8 Å². The Hall–Kier alpha value is -3.01. The number of carbonyl (C=O) groups excluding carboxylic acids is 2. The van der Waals surface area contributed by atoms with Gasteiger partial charge in [0.2, 0.25) is 12.0 Å². The van der Waals surface area contributed by atoms with Crippen molar-refractivity contribution in [2.45, 2.75) is 24.7 Å². The number of fused-ring (bicyclic) bond motifs is 1. The molecule has 0 aliphatic carbocycles. The normalized spacial score (nSPS) is 15.1. The number of aromatic nitrogens is 3.